The van der Waals surface area contributed by atoms with Crippen LogP contribution in [0.15, 0.2) is 36.4 Å². The summed E-state index contributed by atoms with van der Waals surface area (Å²) in [6, 6.07) is 6.72. The van der Waals surface area contributed by atoms with Crippen molar-refractivity contribution in [2.75, 3.05) is 26.8 Å². The van der Waals surface area contributed by atoms with Crippen molar-refractivity contribution >= 4 is 0 Å². The molecule has 0 aliphatic carbocycles. The van der Waals surface area contributed by atoms with Crippen LogP contribution in [0.25, 0.3) is 0 Å². The zero-order chi connectivity index (χ0) is 16.4. The maximum Gasteiger partial charge on any atom is 0.123 e. The van der Waals surface area contributed by atoms with Gasteiger partial charge in [-0.05, 0) is 57.5 Å². The van der Waals surface area contributed by atoms with Gasteiger partial charge in [0, 0.05) is 12.0 Å². The molecule has 0 bridgehead atoms. The first-order valence-corrected chi connectivity index (χ1v) is 8.21. The van der Waals surface area contributed by atoms with E-state index in [0.29, 0.717) is 6.61 Å². The Morgan fingerprint density at radius 3 is 2.55 bits per heavy atom. The molecule has 0 fully saturated rings. The van der Waals surface area contributed by atoms with Gasteiger partial charge in [0.2, 0.25) is 0 Å². The van der Waals surface area contributed by atoms with Crippen LogP contribution in [-0.4, -0.2) is 26.8 Å². The number of hydrogen-bond acceptors (Lipinski definition) is 2. The molecule has 0 spiro atoms. The average molecular weight is 307 g/mol. The molecule has 0 heterocycles. The lowest BCUT2D eigenvalue weighted by atomic mass is 9.75. The SMILES string of the molecule is C=C(CCC)C(C)(COCCCCNC)c1ccc(F)cc1. The first-order valence-electron chi connectivity index (χ1n) is 8.21. The Morgan fingerprint density at radius 2 is 1.95 bits per heavy atom. The Bertz CT molecular complexity index is 443. The molecule has 22 heavy (non-hydrogen) atoms. The van der Waals surface area contributed by atoms with E-state index in [-0.39, 0.29) is 11.2 Å². The van der Waals surface area contributed by atoms with E-state index < -0.39 is 0 Å². The average Bonchev–Trinajstić information content (AvgIpc) is 2.51. The molecule has 1 rings (SSSR count). The quantitative estimate of drug-likeness (QED) is 0.481. The van der Waals surface area contributed by atoms with Gasteiger partial charge in [-0.3, -0.25) is 0 Å². The number of halogens is 1. The third kappa shape index (κ3) is 5.54. The molecule has 0 aromatic heterocycles. The van der Waals surface area contributed by atoms with Crippen molar-refractivity contribution in [1.82, 2.24) is 5.32 Å². The molecule has 1 N–H and O–H groups in total. The summed E-state index contributed by atoms with van der Waals surface area (Å²) in [6.45, 7) is 10.9. The monoisotopic (exact) mass is 307 g/mol. The van der Waals surface area contributed by atoms with E-state index in [0.717, 1.165) is 50.0 Å². The summed E-state index contributed by atoms with van der Waals surface area (Å²) in [6.07, 6.45) is 4.16. The van der Waals surface area contributed by atoms with Crippen LogP contribution in [0.3, 0.4) is 0 Å². The van der Waals surface area contributed by atoms with Crippen LogP contribution in [0, 0.1) is 5.82 Å². The van der Waals surface area contributed by atoms with Crippen LogP contribution in [0.1, 0.15) is 45.1 Å². The van der Waals surface area contributed by atoms with E-state index in [2.05, 4.69) is 25.7 Å². The van der Waals surface area contributed by atoms with Crippen molar-refractivity contribution in [3.63, 3.8) is 0 Å². The fourth-order valence-electron chi connectivity index (χ4n) is 2.57. The van der Waals surface area contributed by atoms with Crippen molar-refractivity contribution in [3.8, 4) is 0 Å². The van der Waals surface area contributed by atoms with Gasteiger partial charge in [0.1, 0.15) is 5.82 Å². The molecule has 1 unspecified atom stereocenters. The summed E-state index contributed by atoms with van der Waals surface area (Å²) in [4.78, 5) is 0. The summed E-state index contributed by atoms with van der Waals surface area (Å²) in [5.74, 6) is -0.208. The van der Waals surface area contributed by atoms with E-state index in [4.69, 9.17) is 4.74 Å². The predicted molar refractivity (Wildman–Crippen MR) is 91.8 cm³/mol. The normalized spacial score (nSPS) is 13.8. The highest BCUT2D eigenvalue weighted by Gasteiger charge is 2.29. The van der Waals surface area contributed by atoms with E-state index in [1.54, 1.807) is 0 Å². The summed E-state index contributed by atoms with van der Waals surface area (Å²) < 4.78 is 19.1. The van der Waals surface area contributed by atoms with Crippen LogP contribution in [0.4, 0.5) is 4.39 Å². The lowest BCUT2D eigenvalue weighted by molar-refractivity contribution is 0.0962. The first-order chi connectivity index (χ1) is 10.5. The van der Waals surface area contributed by atoms with Crippen LogP contribution in [-0.2, 0) is 10.2 Å². The molecule has 0 saturated heterocycles. The molecule has 2 nitrogen and oxygen atoms in total. The fourth-order valence-corrected chi connectivity index (χ4v) is 2.57. The third-order valence-electron chi connectivity index (χ3n) is 4.17. The first kappa shape index (κ1) is 18.9. The van der Waals surface area contributed by atoms with Crippen molar-refractivity contribution in [2.45, 2.75) is 44.9 Å². The van der Waals surface area contributed by atoms with E-state index in [1.807, 2.05) is 19.2 Å². The summed E-state index contributed by atoms with van der Waals surface area (Å²) >= 11 is 0. The van der Waals surface area contributed by atoms with Gasteiger partial charge in [0.05, 0.1) is 6.61 Å². The lowest BCUT2D eigenvalue weighted by Gasteiger charge is -2.32. The lowest BCUT2D eigenvalue weighted by Crippen LogP contribution is -2.31. The topological polar surface area (TPSA) is 21.3 Å². The molecule has 0 saturated carbocycles. The minimum Gasteiger partial charge on any atom is -0.380 e. The van der Waals surface area contributed by atoms with Gasteiger partial charge in [-0.1, -0.05) is 37.6 Å². The Kier molecular flexibility index (Phi) is 8.36. The second-order valence-electron chi connectivity index (χ2n) is 6.06. The fraction of sp³-hybridized carbons (Fsp3) is 0.579. The number of rotatable bonds is 11. The highest BCUT2D eigenvalue weighted by molar-refractivity contribution is 5.34. The molecular weight excluding hydrogens is 277 g/mol. The van der Waals surface area contributed by atoms with Crippen LogP contribution >= 0.6 is 0 Å². The molecule has 124 valence electrons. The van der Waals surface area contributed by atoms with Gasteiger partial charge in [0.15, 0.2) is 0 Å². The zero-order valence-corrected chi connectivity index (χ0v) is 14.3. The minimum absolute atomic E-state index is 0.208. The second-order valence-corrected chi connectivity index (χ2v) is 6.06. The molecule has 1 aromatic carbocycles. The molecule has 1 atom stereocenters. The molecule has 0 radical (unpaired) electrons. The van der Waals surface area contributed by atoms with Crippen molar-refractivity contribution in [1.29, 1.82) is 0 Å². The number of ether oxygens (including phenoxy) is 1. The summed E-state index contributed by atoms with van der Waals surface area (Å²) in [7, 11) is 1.96. The van der Waals surface area contributed by atoms with Gasteiger partial charge in [-0.15, -0.1) is 0 Å². The molecule has 3 heteroatoms. The van der Waals surface area contributed by atoms with Crippen LogP contribution in [0.5, 0.6) is 0 Å². The third-order valence-corrected chi connectivity index (χ3v) is 4.17. The molecule has 1 aromatic rings. The van der Waals surface area contributed by atoms with E-state index >= 15 is 0 Å². The predicted octanol–water partition coefficient (Wildman–Crippen LogP) is 4.46. The number of hydrogen-bond donors (Lipinski definition) is 1. The highest BCUT2D eigenvalue weighted by atomic mass is 19.1. The van der Waals surface area contributed by atoms with Gasteiger partial charge < -0.3 is 10.1 Å². The minimum atomic E-state index is -0.257. The molecule has 0 aliphatic rings. The standard InChI is InChI=1S/C19H30FNO/c1-5-8-16(2)19(3,15-22-14-7-6-13-21-4)17-9-11-18(20)12-10-17/h9-12,21H,2,5-8,13-15H2,1,3-4H3. The van der Waals surface area contributed by atoms with Gasteiger partial charge in [-0.2, -0.15) is 0 Å². The Hall–Kier alpha value is -1.19. The number of nitrogens with one attached hydrogen (secondary N) is 1. The Balaban J connectivity index is 2.70. The maximum absolute atomic E-state index is 13.2. The largest absolute Gasteiger partial charge is 0.380 e. The van der Waals surface area contributed by atoms with Gasteiger partial charge in [-0.25, -0.2) is 4.39 Å². The zero-order valence-electron chi connectivity index (χ0n) is 14.3. The van der Waals surface area contributed by atoms with Crippen LogP contribution in [0.2, 0.25) is 0 Å². The van der Waals surface area contributed by atoms with Crippen molar-refractivity contribution in [2.24, 2.45) is 0 Å². The molecule has 0 amide bonds. The Labute approximate surface area is 134 Å². The second kappa shape index (κ2) is 9.75. The highest BCUT2D eigenvalue weighted by Crippen LogP contribution is 2.34. The smallest absolute Gasteiger partial charge is 0.123 e. The van der Waals surface area contributed by atoms with E-state index in [1.165, 1.54) is 12.1 Å². The van der Waals surface area contributed by atoms with Gasteiger partial charge in [0.25, 0.3) is 0 Å². The number of unbranched alkanes of at least 4 members (excludes halogenated alkanes) is 1. The summed E-state index contributed by atoms with van der Waals surface area (Å²) in [5.41, 5.74) is 1.96. The van der Waals surface area contributed by atoms with Crippen molar-refractivity contribution in [3.05, 3.63) is 47.8 Å². The Morgan fingerprint density at radius 1 is 1.27 bits per heavy atom. The van der Waals surface area contributed by atoms with Crippen LogP contribution < -0.4 is 5.32 Å². The number of benzene rings is 1. The van der Waals surface area contributed by atoms with E-state index in [9.17, 15) is 4.39 Å². The molecular formula is C19H30FNO. The molecule has 0 aliphatic heterocycles. The maximum atomic E-state index is 13.2. The van der Waals surface area contributed by atoms with Gasteiger partial charge >= 0.3 is 0 Å². The summed E-state index contributed by atoms with van der Waals surface area (Å²) in [5, 5.41) is 3.14. The van der Waals surface area contributed by atoms with Crippen molar-refractivity contribution < 1.29 is 9.13 Å².